The van der Waals surface area contributed by atoms with E-state index in [1.165, 1.54) is 18.4 Å². The quantitative estimate of drug-likeness (QED) is 0.240. The summed E-state index contributed by atoms with van der Waals surface area (Å²) in [6.07, 6.45) is 2.42. The Hall–Kier alpha value is -4.12. The highest BCUT2D eigenvalue weighted by Crippen LogP contribution is 2.50. The molecule has 2 heterocycles. The Bertz CT molecular complexity index is 1480. The van der Waals surface area contributed by atoms with Gasteiger partial charge in [-0.2, -0.15) is 4.98 Å². The van der Waals surface area contributed by atoms with Crippen LogP contribution in [0.15, 0.2) is 91.0 Å². The molecule has 5 nitrogen and oxygen atoms in total. The highest BCUT2D eigenvalue weighted by atomic mass is 16.5. The lowest BCUT2D eigenvalue weighted by Crippen LogP contribution is -2.33. The van der Waals surface area contributed by atoms with E-state index in [-0.39, 0.29) is 5.91 Å². The normalized spacial score (nSPS) is 19.4. The lowest BCUT2D eigenvalue weighted by Gasteiger charge is -2.33. The van der Waals surface area contributed by atoms with Gasteiger partial charge in [0.05, 0.1) is 11.1 Å². The molecule has 39 heavy (non-hydrogen) atoms. The van der Waals surface area contributed by atoms with E-state index in [0.29, 0.717) is 36.6 Å². The van der Waals surface area contributed by atoms with Gasteiger partial charge in [0.2, 0.25) is 17.7 Å². The summed E-state index contributed by atoms with van der Waals surface area (Å²) in [7, 11) is 0. The topological polar surface area (TPSA) is 51.7 Å². The van der Waals surface area contributed by atoms with Crippen molar-refractivity contribution in [3.05, 3.63) is 113 Å². The summed E-state index contributed by atoms with van der Waals surface area (Å²) in [6.45, 7) is 7.05. The van der Waals surface area contributed by atoms with Crippen LogP contribution in [0.2, 0.25) is 0 Å². The van der Waals surface area contributed by atoms with E-state index >= 15 is 0 Å². The molecule has 2 aliphatic rings. The number of ether oxygens (including phenoxy) is 2. The third-order valence-corrected chi connectivity index (χ3v) is 8.02. The molecule has 1 aliphatic heterocycles. The van der Waals surface area contributed by atoms with Gasteiger partial charge in [0.15, 0.2) is 0 Å². The molecule has 1 amide bonds. The number of carbonyl (C=O) groups is 1. The SMILES string of the molecule is CC1CC(c2ccc3c(c2)C(C)(C)C(=O)N3c2ccc(OCc3ccccc3)nc2OCc2ccccc2)C1. The monoisotopic (exact) mass is 518 g/mol. The number of aromatic nitrogens is 1. The Morgan fingerprint density at radius 3 is 2.08 bits per heavy atom. The van der Waals surface area contributed by atoms with Crippen molar-refractivity contribution in [3.63, 3.8) is 0 Å². The molecule has 1 saturated carbocycles. The lowest BCUT2D eigenvalue weighted by atomic mass is 9.71. The number of nitrogens with zero attached hydrogens (tertiary/aromatic N) is 2. The molecule has 4 aromatic rings. The van der Waals surface area contributed by atoms with Crippen LogP contribution >= 0.6 is 0 Å². The largest absolute Gasteiger partial charge is 0.473 e. The molecule has 6 rings (SSSR count). The first-order valence-corrected chi connectivity index (χ1v) is 13.7. The van der Waals surface area contributed by atoms with Gasteiger partial charge in [-0.15, -0.1) is 0 Å². The fourth-order valence-electron chi connectivity index (χ4n) is 5.65. The van der Waals surface area contributed by atoms with Gasteiger partial charge in [-0.3, -0.25) is 9.69 Å². The van der Waals surface area contributed by atoms with Gasteiger partial charge in [-0.25, -0.2) is 0 Å². The molecule has 1 aliphatic carbocycles. The van der Waals surface area contributed by atoms with E-state index in [1.54, 1.807) is 4.90 Å². The molecule has 1 fully saturated rings. The molecule has 0 atom stereocenters. The number of amides is 1. The number of rotatable bonds is 8. The Morgan fingerprint density at radius 1 is 0.821 bits per heavy atom. The molecule has 0 bridgehead atoms. The van der Waals surface area contributed by atoms with Crippen LogP contribution in [0.25, 0.3) is 0 Å². The van der Waals surface area contributed by atoms with E-state index in [9.17, 15) is 4.79 Å². The van der Waals surface area contributed by atoms with Crippen molar-refractivity contribution in [3.8, 4) is 11.8 Å². The zero-order chi connectivity index (χ0) is 27.0. The summed E-state index contributed by atoms with van der Waals surface area (Å²) in [5, 5.41) is 0. The maximum absolute atomic E-state index is 13.9. The number of carbonyl (C=O) groups excluding carboxylic acids is 1. The van der Waals surface area contributed by atoms with E-state index < -0.39 is 5.41 Å². The number of fused-ring (bicyclic) bond motifs is 1. The Balaban J connectivity index is 1.35. The van der Waals surface area contributed by atoms with Crippen molar-refractivity contribution in [2.45, 2.75) is 58.2 Å². The average Bonchev–Trinajstić information content (AvgIpc) is 3.14. The zero-order valence-electron chi connectivity index (χ0n) is 22.8. The van der Waals surface area contributed by atoms with Crippen LogP contribution in [0.5, 0.6) is 11.8 Å². The van der Waals surface area contributed by atoms with Crippen molar-refractivity contribution in [1.29, 1.82) is 0 Å². The molecule has 0 saturated heterocycles. The standard InChI is InChI=1S/C34H34N2O3/c1-23-18-27(19-23)26-14-15-29-28(20-26)34(2,3)33(37)36(29)30-16-17-31(38-21-24-10-6-4-7-11-24)35-32(30)39-22-25-12-8-5-9-13-25/h4-17,20,23,27H,18-19,21-22H2,1-3H3. The molecule has 3 aromatic carbocycles. The predicted octanol–water partition coefficient (Wildman–Crippen LogP) is 7.71. The average molecular weight is 519 g/mol. The smallest absolute Gasteiger partial charge is 0.242 e. The molecule has 0 unspecified atom stereocenters. The minimum Gasteiger partial charge on any atom is -0.473 e. The van der Waals surface area contributed by atoms with Gasteiger partial charge in [0.25, 0.3) is 0 Å². The maximum atomic E-state index is 13.9. The first kappa shape index (κ1) is 25.2. The maximum Gasteiger partial charge on any atom is 0.242 e. The van der Waals surface area contributed by atoms with E-state index in [4.69, 9.17) is 14.5 Å². The van der Waals surface area contributed by atoms with Crippen molar-refractivity contribution >= 4 is 17.3 Å². The molecule has 1 aromatic heterocycles. The zero-order valence-corrected chi connectivity index (χ0v) is 22.8. The molecule has 5 heteroatoms. The number of anilines is 2. The van der Waals surface area contributed by atoms with Crippen molar-refractivity contribution in [2.75, 3.05) is 4.90 Å². The van der Waals surface area contributed by atoms with E-state index in [2.05, 4.69) is 25.1 Å². The predicted molar refractivity (Wildman–Crippen MR) is 154 cm³/mol. The molecular weight excluding hydrogens is 484 g/mol. The second-order valence-electron chi connectivity index (χ2n) is 11.3. The van der Waals surface area contributed by atoms with Crippen LogP contribution in [-0.4, -0.2) is 10.9 Å². The fraction of sp³-hybridized carbons (Fsp3) is 0.294. The molecule has 0 N–H and O–H groups in total. The highest BCUT2D eigenvalue weighted by Gasteiger charge is 2.46. The number of benzene rings is 3. The summed E-state index contributed by atoms with van der Waals surface area (Å²) in [5.74, 6) is 2.19. The van der Waals surface area contributed by atoms with Crippen molar-refractivity contribution < 1.29 is 14.3 Å². The minimum absolute atomic E-state index is 0.0148. The Morgan fingerprint density at radius 2 is 1.44 bits per heavy atom. The first-order chi connectivity index (χ1) is 18.9. The summed E-state index contributed by atoms with van der Waals surface area (Å²) in [6, 6.07) is 30.2. The second kappa shape index (κ2) is 10.2. The molecular formula is C34H34N2O3. The highest BCUT2D eigenvalue weighted by molar-refractivity contribution is 6.13. The van der Waals surface area contributed by atoms with Crippen LogP contribution in [0.3, 0.4) is 0 Å². The van der Waals surface area contributed by atoms with Gasteiger partial charge in [0, 0.05) is 6.07 Å². The van der Waals surface area contributed by atoms with Crippen LogP contribution in [0.4, 0.5) is 11.4 Å². The molecule has 0 radical (unpaired) electrons. The fourth-order valence-corrected chi connectivity index (χ4v) is 5.65. The van der Waals surface area contributed by atoms with Gasteiger partial charge in [-0.05, 0) is 72.9 Å². The van der Waals surface area contributed by atoms with Crippen LogP contribution in [0.1, 0.15) is 61.8 Å². The first-order valence-electron chi connectivity index (χ1n) is 13.7. The lowest BCUT2D eigenvalue weighted by molar-refractivity contribution is -0.121. The minimum atomic E-state index is -0.653. The number of hydrogen-bond acceptors (Lipinski definition) is 4. The van der Waals surface area contributed by atoms with E-state index in [1.807, 2.05) is 86.6 Å². The number of hydrogen-bond donors (Lipinski definition) is 0. The second-order valence-corrected chi connectivity index (χ2v) is 11.3. The third-order valence-electron chi connectivity index (χ3n) is 8.02. The van der Waals surface area contributed by atoms with Gasteiger partial charge >= 0.3 is 0 Å². The summed E-state index contributed by atoms with van der Waals surface area (Å²) in [5.41, 5.74) is 5.33. The molecule has 198 valence electrons. The Labute approximate surface area is 230 Å². The van der Waals surface area contributed by atoms with Gasteiger partial charge in [0.1, 0.15) is 18.9 Å². The summed E-state index contributed by atoms with van der Waals surface area (Å²) in [4.78, 5) is 20.4. The van der Waals surface area contributed by atoms with E-state index in [0.717, 1.165) is 28.3 Å². The number of pyridine rings is 1. The van der Waals surface area contributed by atoms with Gasteiger partial charge < -0.3 is 9.47 Å². The van der Waals surface area contributed by atoms with Crippen LogP contribution in [0, 0.1) is 5.92 Å². The molecule has 0 spiro atoms. The Kier molecular flexibility index (Phi) is 6.59. The van der Waals surface area contributed by atoms with Crippen molar-refractivity contribution in [1.82, 2.24) is 4.98 Å². The van der Waals surface area contributed by atoms with Crippen LogP contribution in [-0.2, 0) is 23.4 Å². The summed E-state index contributed by atoms with van der Waals surface area (Å²) < 4.78 is 12.3. The van der Waals surface area contributed by atoms with Crippen molar-refractivity contribution in [2.24, 2.45) is 5.92 Å². The van der Waals surface area contributed by atoms with Crippen LogP contribution < -0.4 is 14.4 Å². The summed E-state index contributed by atoms with van der Waals surface area (Å²) >= 11 is 0. The third kappa shape index (κ3) is 4.89. The van der Waals surface area contributed by atoms with Gasteiger partial charge in [-0.1, -0.05) is 79.7 Å².